The van der Waals surface area contributed by atoms with Gasteiger partial charge in [0.2, 0.25) is 0 Å². The Morgan fingerprint density at radius 3 is 2.47 bits per heavy atom. The number of ether oxygens (including phenoxy) is 3. The molecule has 0 spiro atoms. The number of ketones is 1. The molecule has 0 amide bonds. The van der Waals surface area contributed by atoms with Crippen molar-refractivity contribution in [3.63, 3.8) is 0 Å². The first-order valence-corrected chi connectivity index (χ1v) is 12.6. The highest BCUT2D eigenvalue weighted by atomic mass is 32.1. The van der Waals surface area contributed by atoms with Crippen LogP contribution in [0.4, 0.5) is 0 Å². The molecule has 8 heteroatoms. The zero-order valence-corrected chi connectivity index (χ0v) is 21.1. The van der Waals surface area contributed by atoms with Gasteiger partial charge in [0.15, 0.2) is 17.3 Å². The van der Waals surface area contributed by atoms with E-state index < -0.39 is 0 Å². The van der Waals surface area contributed by atoms with Crippen molar-refractivity contribution in [3.05, 3.63) is 81.1 Å². The number of carbonyl (C=O) groups excluding carboxylic acids is 1. The van der Waals surface area contributed by atoms with Crippen molar-refractivity contribution < 1.29 is 19.0 Å². The lowest BCUT2D eigenvalue weighted by Crippen LogP contribution is -2.24. The Labute approximate surface area is 212 Å². The smallest absolute Gasteiger partial charge is 0.258 e. The fourth-order valence-corrected chi connectivity index (χ4v) is 5.39. The average Bonchev–Trinajstić information content (AvgIpc) is 3.38. The van der Waals surface area contributed by atoms with Crippen molar-refractivity contribution in [1.82, 2.24) is 9.97 Å². The number of methoxy groups -OCH3 is 2. The molecule has 1 aliphatic rings. The predicted molar refractivity (Wildman–Crippen MR) is 140 cm³/mol. The maximum atomic E-state index is 13.1. The number of hydrogen-bond acceptors (Lipinski definition) is 7. The quantitative estimate of drug-likeness (QED) is 0.359. The number of nitrogens with zero attached hydrogens (tertiary/aromatic N) is 1. The number of benzene rings is 2. The zero-order valence-electron chi connectivity index (χ0n) is 20.3. The third-order valence-corrected chi connectivity index (χ3v) is 7.26. The maximum absolute atomic E-state index is 13.1. The highest BCUT2D eigenvalue weighted by molar-refractivity contribution is 7.13. The van der Waals surface area contributed by atoms with Crippen LogP contribution >= 0.6 is 11.3 Å². The van der Waals surface area contributed by atoms with Gasteiger partial charge in [0.1, 0.15) is 10.8 Å². The average molecular weight is 503 g/mol. The molecule has 1 N–H and O–H groups in total. The molecule has 1 aliphatic carbocycles. The molecule has 4 aromatic rings. The molecular weight excluding hydrogens is 476 g/mol. The van der Waals surface area contributed by atoms with E-state index in [1.807, 2.05) is 54.8 Å². The lowest BCUT2D eigenvalue weighted by atomic mass is 9.81. The van der Waals surface area contributed by atoms with Crippen molar-refractivity contribution in [2.24, 2.45) is 0 Å². The van der Waals surface area contributed by atoms with Gasteiger partial charge in [-0.2, -0.15) is 0 Å². The molecule has 0 saturated heterocycles. The summed E-state index contributed by atoms with van der Waals surface area (Å²) < 4.78 is 16.2. The number of H-pyrrole nitrogens is 1. The van der Waals surface area contributed by atoms with E-state index in [1.165, 1.54) is 11.3 Å². The van der Waals surface area contributed by atoms with E-state index in [0.29, 0.717) is 52.8 Å². The third kappa shape index (κ3) is 4.52. The minimum atomic E-state index is -0.248. The van der Waals surface area contributed by atoms with Gasteiger partial charge in [0.05, 0.1) is 32.1 Å². The molecule has 7 nitrogen and oxygen atoms in total. The van der Waals surface area contributed by atoms with Crippen molar-refractivity contribution in [3.8, 4) is 39.1 Å². The summed E-state index contributed by atoms with van der Waals surface area (Å²) in [6.07, 6.45) is 0.907. The number of hydrogen-bond donors (Lipinski definition) is 1. The van der Waals surface area contributed by atoms with Gasteiger partial charge in [-0.25, -0.2) is 4.98 Å². The Bertz CT molecular complexity index is 1470. The van der Waals surface area contributed by atoms with E-state index in [4.69, 9.17) is 14.2 Å². The molecule has 0 bridgehead atoms. The molecule has 2 aromatic heterocycles. The number of aromatic amines is 1. The van der Waals surface area contributed by atoms with Gasteiger partial charge in [-0.3, -0.25) is 9.59 Å². The van der Waals surface area contributed by atoms with Crippen molar-refractivity contribution in [1.29, 1.82) is 0 Å². The molecule has 1 atom stereocenters. The van der Waals surface area contributed by atoms with Crippen LogP contribution < -0.4 is 19.8 Å². The Hall–Kier alpha value is -3.91. The van der Waals surface area contributed by atoms with E-state index in [0.717, 1.165) is 22.6 Å². The largest absolute Gasteiger partial charge is 0.494 e. The summed E-state index contributed by atoms with van der Waals surface area (Å²) in [6.45, 7) is 2.55. The van der Waals surface area contributed by atoms with Crippen LogP contribution in [0, 0.1) is 0 Å². The standard InChI is InChI=1S/C28H26N2O5S/c1-4-35-19-8-5-16(6-9-19)23-15-36-28(30-23)21-14-20-22(29-27(21)32)11-18(12-24(20)31)17-7-10-25(33-2)26(13-17)34-3/h5-10,13-15,18H,4,11-12H2,1-3H3,(H,29,32)/t18-/m0/s1. The molecule has 0 aliphatic heterocycles. The first-order valence-electron chi connectivity index (χ1n) is 11.7. The number of Topliss-reactive ketones (excluding diaryl/α,β-unsaturated/α-hetero) is 1. The first kappa shape index (κ1) is 23.8. The molecule has 0 radical (unpaired) electrons. The summed E-state index contributed by atoms with van der Waals surface area (Å²) in [7, 11) is 3.17. The molecule has 0 unspecified atom stereocenters. The number of fused-ring (bicyclic) bond motifs is 1. The first-order chi connectivity index (χ1) is 17.5. The van der Waals surface area contributed by atoms with Gasteiger partial charge in [-0.15, -0.1) is 11.3 Å². The SMILES string of the molecule is CCOc1ccc(-c2csc(-c3cc4c([nH]c3=O)C[C@H](c3ccc(OC)c(OC)c3)CC4=O)n2)cc1. The lowest BCUT2D eigenvalue weighted by molar-refractivity contribution is 0.0963. The number of nitrogens with one attached hydrogen (secondary N) is 1. The molecule has 0 fully saturated rings. The highest BCUT2D eigenvalue weighted by Crippen LogP contribution is 2.37. The normalized spacial score (nSPS) is 14.9. The van der Waals surface area contributed by atoms with Crippen LogP contribution in [-0.4, -0.2) is 36.6 Å². The van der Waals surface area contributed by atoms with E-state index in [9.17, 15) is 9.59 Å². The summed E-state index contributed by atoms with van der Waals surface area (Å²) in [5, 5.41) is 2.50. The Morgan fingerprint density at radius 2 is 1.75 bits per heavy atom. The van der Waals surface area contributed by atoms with Gasteiger partial charge in [-0.1, -0.05) is 6.07 Å². The fraction of sp³-hybridized carbons (Fsp3) is 0.250. The lowest BCUT2D eigenvalue weighted by Gasteiger charge is -2.24. The van der Waals surface area contributed by atoms with Crippen LogP contribution in [-0.2, 0) is 6.42 Å². The number of pyridine rings is 1. The second-order valence-corrected chi connectivity index (χ2v) is 9.40. The van der Waals surface area contributed by atoms with Gasteiger partial charge >= 0.3 is 0 Å². The summed E-state index contributed by atoms with van der Waals surface area (Å²) in [4.78, 5) is 33.8. The zero-order chi connectivity index (χ0) is 25.2. The Kier molecular flexibility index (Phi) is 6.61. The number of carbonyl (C=O) groups is 1. The summed E-state index contributed by atoms with van der Waals surface area (Å²) >= 11 is 1.38. The van der Waals surface area contributed by atoms with Gasteiger partial charge in [0, 0.05) is 28.6 Å². The van der Waals surface area contributed by atoms with Crippen molar-refractivity contribution in [2.75, 3.05) is 20.8 Å². The van der Waals surface area contributed by atoms with Gasteiger partial charge in [0.25, 0.3) is 5.56 Å². The van der Waals surface area contributed by atoms with E-state index >= 15 is 0 Å². The number of aromatic nitrogens is 2. The third-order valence-electron chi connectivity index (χ3n) is 6.38. The number of rotatable bonds is 7. The molecule has 2 aromatic carbocycles. The van der Waals surface area contributed by atoms with Crippen LogP contribution in [0.2, 0.25) is 0 Å². The molecular formula is C28H26N2O5S. The van der Waals surface area contributed by atoms with Crippen molar-refractivity contribution in [2.45, 2.75) is 25.7 Å². The molecule has 184 valence electrons. The van der Waals surface area contributed by atoms with E-state index in [2.05, 4.69) is 9.97 Å². The van der Waals surface area contributed by atoms with Gasteiger partial charge < -0.3 is 19.2 Å². The fourth-order valence-electron chi connectivity index (χ4n) is 4.55. The molecule has 36 heavy (non-hydrogen) atoms. The maximum Gasteiger partial charge on any atom is 0.258 e. The Balaban J connectivity index is 1.42. The van der Waals surface area contributed by atoms with Crippen LogP contribution in [0.25, 0.3) is 21.8 Å². The second kappa shape index (κ2) is 9.99. The molecule has 0 saturated carbocycles. The minimum Gasteiger partial charge on any atom is -0.494 e. The van der Waals surface area contributed by atoms with Crippen molar-refractivity contribution >= 4 is 17.1 Å². The van der Waals surface area contributed by atoms with Crippen LogP contribution in [0.5, 0.6) is 17.2 Å². The van der Waals surface area contributed by atoms with E-state index in [1.54, 1.807) is 20.3 Å². The molecule has 2 heterocycles. The van der Waals surface area contributed by atoms with Gasteiger partial charge in [-0.05, 0) is 67.3 Å². The second-order valence-electron chi connectivity index (χ2n) is 8.54. The van der Waals surface area contributed by atoms with Crippen LogP contribution in [0.15, 0.2) is 58.7 Å². The minimum absolute atomic E-state index is 0.00294. The monoisotopic (exact) mass is 502 g/mol. The topological polar surface area (TPSA) is 90.5 Å². The molecule has 5 rings (SSSR count). The summed E-state index contributed by atoms with van der Waals surface area (Å²) in [6, 6.07) is 15.1. The van der Waals surface area contributed by atoms with E-state index in [-0.39, 0.29) is 17.3 Å². The van der Waals surface area contributed by atoms with Crippen LogP contribution in [0.3, 0.4) is 0 Å². The van der Waals surface area contributed by atoms with Crippen LogP contribution in [0.1, 0.15) is 40.9 Å². The predicted octanol–water partition coefficient (Wildman–Crippen LogP) is 5.49. The number of thiazole rings is 1. The Morgan fingerprint density at radius 1 is 0.972 bits per heavy atom. The summed E-state index contributed by atoms with van der Waals surface area (Å²) in [5.41, 5.74) is 4.05. The highest BCUT2D eigenvalue weighted by Gasteiger charge is 2.29. The summed E-state index contributed by atoms with van der Waals surface area (Å²) in [5.74, 6) is 1.99.